The molecular weight excluding hydrogens is 336 g/mol. The van der Waals surface area contributed by atoms with Crippen molar-refractivity contribution in [3.8, 4) is 5.69 Å². The van der Waals surface area contributed by atoms with Crippen molar-refractivity contribution in [2.24, 2.45) is 4.99 Å². The minimum Gasteiger partial charge on any atom is -0.352 e. The number of benzene rings is 2. The Morgan fingerprint density at radius 3 is 2.48 bits per heavy atom. The second-order valence-electron chi connectivity index (χ2n) is 5.36. The largest absolute Gasteiger partial charge is 0.352 e. The molecule has 0 aliphatic carbocycles. The number of para-hydroxylation sites is 1. The van der Waals surface area contributed by atoms with Crippen LogP contribution >= 0.6 is 11.6 Å². The van der Waals surface area contributed by atoms with Crippen molar-refractivity contribution in [1.82, 2.24) is 25.4 Å². The molecule has 0 fully saturated rings. The van der Waals surface area contributed by atoms with Gasteiger partial charge in [-0.1, -0.05) is 41.9 Å². The molecule has 0 spiro atoms. The van der Waals surface area contributed by atoms with Crippen molar-refractivity contribution in [1.29, 1.82) is 0 Å². The highest BCUT2D eigenvalue weighted by atomic mass is 35.5. The van der Waals surface area contributed by atoms with E-state index in [9.17, 15) is 0 Å². The summed E-state index contributed by atoms with van der Waals surface area (Å²) in [5.41, 5.74) is 2.15. The molecule has 0 amide bonds. The molecule has 1 heterocycles. The van der Waals surface area contributed by atoms with Gasteiger partial charge in [-0.3, -0.25) is 9.56 Å². The lowest BCUT2D eigenvalue weighted by Crippen LogP contribution is -2.36. The van der Waals surface area contributed by atoms with E-state index in [4.69, 9.17) is 11.6 Å². The first kappa shape index (κ1) is 17.0. The van der Waals surface area contributed by atoms with Gasteiger partial charge in [0.15, 0.2) is 11.8 Å². The van der Waals surface area contributed by atoms with Crippen LogP contribution in [0.3, 0.4) is 0 Å². The summed E-state index contributed by atoms with van der Waals surface area (Å²) in [5.74, 6) is 1.50. The monoisotopic (exact) mass is 354 g/mol. The van der Waals surface area contributed by atoms with Crippen LogP contribution in [0.2, 0.25) is 5.02 Å². The summed E-state index contributed by atoms with van der Waals surface area (Å²) in [6.07, 6.45) is 1.70. The number of hydrogen-bond acceptors (Lipinski definition) is 3. The summed E-state index contributed by atoms with van der Waals surface area (Å²) in [7, 11) is 1.74. The standard InChI is InChI=1S/C18H19ClN6/c1-20-18(21-11-14-7-9-15(19)10-8-14)22-12-17-24-23-13-25(17)16-5-3-2-4-6-16/h2-10,13H,11-12H2,1H3,(H2,20,21,22). The predicted octanol–water partition coefficient (Wildman–Crippen LogP) is 2.79. The average molecular weight is 355 g/mol. The Balaban J connectivity index is 1.59. The number of nitrogens with zero attached hydrogens (tertiary/aromatic N) is 4. The second-order valence-corrected chi connectivity index (χ2v) is 5.79. The van der Waals surface area contributed by atoms with E-state index in [1.807, 2.05) is 59.2 Å². The van der Waals surface area contributed by atoms with Crippen LogP contribution in [-0.4, -0.2) is 27.8 Å². The molecule has 0 saturated heterocycles. The first-order chi connectivity index (χ1) is 12.3. The highest BCUT2D eigenvalue weighted by Gasteiger charge is 2.07. The van der Waals surface area contributed by atoms with Gasteiger partial charge in [-0.2, -0.15) is 0 Å². The van der Waals surface area contributed by atoms with Gasteiger partial charge in [0.2, 0.25) is 0 Å². The third-order valence-corrected chi connectivity index (χ3v) is 3.92. The lowest BCUT2D eigenvalue weighted by Gasteiger charge is -2.12. The molecule has 6 nitrogen and oxygen atoms in total. The molecule has 0 aliphatic heterocycles. The lowest BCUT2D eigenvalue weighted by molar-refractivity contribution is 0.754. The number of aliphatic imine (C=N–C) groups is 1. The summed E-state index contributed by atoms with van der Waals surface area (Å²) in [6, 6.07) is 17.7. The molecule has 3 aromatic rings. The smallest absolute Gasteiger partial charge is 0.191 e. The third-order valence-electron chi connectivity index (χ3n) is 3.66. The third kappa shape index (κ3) is 4.58. The molecule has 1 aromatic heterocycles. The van der Waals surface area contributed by atoms with Crippen molar-refractivity contribution < 1.29 is 0 Å². The van der Waals surface area contributed by atoms with Crippen LogP contribution in [0.15, 0.2) is 65.9 Å². The van der Waals surface area contributed by atoms with Gasteiger partial charge in [-0.25, -0.2) is 0 Å². The quantitative estimate of drug-likeness (QED) is 0.546. The summed E-state index contributed by atoms with van der Waals surface area (Å²) in [4.78, 5) is 4.23. The maximum Gasteiger partial charge on any atom is 0.191 e. The van der Waals surface area contributed by atoms with Gasteiger partial charge in [0, 0.05) is 24.3 Å². The topological polar surface area (TPSA) is 67.1 Å². The van der Waals surface area contributed by atoms with Crippen LogP contribution < -0.4 is 10.6 Å². The zero-order valence-corrected chi connectivity index (χ0v) is 14.6. The number of nitrogens with one attached hydrogen (secondary N) is 2. The Labute approximate surface area is 151 Å². The zero-order valence-electron chi connectivity index (χ0n) is 13.9. The Morgan fingerprint density at radius 1 is 1.04 bits per heavy atom. The van der Waals surface area contributed by atoms with Crippen molar-refractivity contribution in [3.05, 3.63) is 77.3 Å². The fraction of sp³-hybridized carbons (Fsp3) is 0.167. The molecule has 0 saturated carbocycles. The van der Waals surface area contributed by atoms with E-state index in [0.29, 0.717) is 19.0 Å². The van der Waals surface area contributed by atoms with E-state index in [0.717, 1.165) is 22.1 Å². The molecule has 0 atom stereocenters. The van der Waals surface area contributed by atoms with Crippen LogP contribution in [0.4, 0.5) is 0 Å². The predicted molar refractivity (Wildman–Crippen MR) is 99.8 cm³/mol. The molecule has 2 N–H and O–H groups in total. The van der Waals surface area contributed by atoms with E-state index < -0.39 is 0 Å². The minimum absolute atomic E-state index is 0.509. The number of hydrogen-bond donors (Lipinski definition) is 2. The summed E-state index contributed by atoms with van der Waals surface area (Å²) in [5, 5.41) is 15.4. The summed E-state index contributed by atoms with van der Waals surface area (Å²) < 4.78 is 1.94. The van der Waals surface area contributed by atoms with Crippen LogP contribution in [-0.2, 0) is 13.1 Å². The molecule has 0 radical (unpaired) electrons. The Hall–Kier alpha value is -2.86. The SMILES string of the molecule is CN=C(NCc1ccc(Cl)cc1)NCc1nncn1-c1ccccc1. The lowest BCUT2D eigenvalue weighted by atomic mass is 10.2. The van der Waals surface area contributed by atoms with Gasteiger partial charge in [0.05, 0.1) is 6.54 Å². The van der Waals surface area contributed by atoms with Gasteiger partial charge in [0.25, 0.3) is 0 Å². The Morgan fingerprint density at radius 2 is 1.76 bits per heavy atom. The van der Waals surface area contributed by atoms with E-state index >= 15 is 0 Å². The van der Waals surface area contributed by atoms with E-state index in [2.05, 4.69) is 25.8 Å². The maximum absolute atomic E-state index is 5.90. The molecule has 0 unspecified atom stereocenters. The molecule has 3 rings (SSSR count). The molecule has 25 heavy (non-hydrogen) atoms. The van der Waals surface area contributed by atoms with Crippen molar-refractivity contribution in [3.63, 3.8) is 0 Å². The van der Waals surface area contributed by atoms with Crippen molar-refractivity contribution in [2.75, 3.05) is 7.05 Å². The van der Waals surface area contributed by atoms with Gasteiger partial charge in [-0.05, 0) is 29.8 Å². The van der Waals surface area contributed by atoms with Crippen LogP contribution in [0.25, 0.3) is 5.69 Å². The number of aromatic nitrogens is 3. The Bertz CT molecular complexity index is 826. The van der Waals surface area contributed by atoms with Crippen LogP contribution in [0.1, 0.15) is 11.4 Å². The second kappa shape index (κ2) is 8.30. The van der Waals surface area contributed by atoms with Gasteiger partial charge < -0.3 is 10.6 Å². The Kier molecular flexibility index (Phi) is 5.64. The number of rotatable bonds is 5. The van der Waals surface area contributed by atoms with Crippen LogP contribution in [0, 0.1) is 0 Å². The van der Waals surface area contributed by atoms with Gasteiger partial charge in [-0.15, -0.1) is 10.2 Å². The van der Waals surface area contributed by atoms with Crippen molar-refractivity contribution >= 4 is 17.6 Å². The summed E-state index contributed by atoms with van der Waals surface area (Å²) >= 11 is 5.90. The van der Waals surface area contributed by atoms with E-state index in [1.54, 1.807) is 13.4 Å². The highest BCUT2D eigenvalue weighted by Crippen LogP contribution is 2.10. The van der Waals surface area contributed by atoms with E-state index in [-0.39, 0.29) is 0 Å². The fourth-order valence-corrected chi connectivity index (χ4v) is 2.48. The first-order valence-electron chi connectivity index (χ1n) is 7.89. The highest BCUT2D eigenvalue weighted by molar-refractivity contribution is 6.30. The molecule has 2 aromatic carbocycles. The first-order valence-corrected chi connectivity index (χ1v) is 8.27. The summed E-state index contributed by atoms with van der Waals surface area (Å²) in [6.45, 7) is 1.16. The molecule has 0 bridgehead atoms. The normalized spacial score (nSPS) is 11.4. The number of guanidine groups is 1. The molecule has 0 aliphatic rings. The van der Waals surface area contributed by atoms with Gasteiger partial charge >= 0.3 is 0 Å². The van der Waals surface area contributed by atoms with Crippen LogP contribution in [0.5, 0.6) is 0 Å². The minimum atomic E-state index is 0.509. The molecular formula is C18H19ClN6. The van der Waals surface area contributed by atoms with Crippen molar-refractivity contribution in [2.45, 2.75) is 13.1 Å². The van der Waals surface area contributed by atoms with E-state index in [1.165, 1.54) is 0 Å². The molecule has 7 heteroatoms. The maximum atomic E-state index is 5.90. The number of halogens is 1. The fourth-order valence-electron chi connectivity index (χ4n) is 2.36. The zero-order chi connectivity index (χ0) is 17.5. The average Bonchev–Trinajstić information content (AvgIpc) is 3.12. The molecule has 128 valence electrons. The van der Waals surface area contributed by atoms with Gasteiger partial charge in [0.1, 0.15) is 6.33 Å².